The van der Waals surface area contributed by atoms with Gasteiger partial charge < -0.3 is 5.11 Å². The molecule has 4 heteroatoms. The van der Waals surface area contributed by atoms with Crippen molar-refractivity contribution >= 4 is 43.5 Å². The number of aliphatic hydroxyl groups excluding tert-OH is 1. The summed E-state index contributed by atoms with van der Waals surface area (Å²) in [4.78, 5) is 0. The Morgan fingerprint density at radius 3 is 1.50 bits per heavy atom. The summed E-state index contributed by atoms with van der Waals surface area (Å²) in [6.07, 6.45) is 3.87. The molecule has 0 saturated carbocycles. The predicted molar refractivity (Wildman–Crippen MR) is 136 cm³/mol. The minimum atomic E-state index is -0.303. The van der Waals surface area contributed by atoms with Gasteiger partial charge in [0.25, 0.3) is 0 Å². The van der Waals surface area contributed by atoms with Crippen LogP contribution in [0.2, 0.25) is 5.02 Å². The van der Waals surface area contributed by atoms with Gasteiger partial charge in [-0.2, -0.15) is 0 Å². The third-order valence-corrected chi connectivity index (χ3v) is 6.25. The second-order valence-electron chi connectivity index (χ2n) is 7.30. The number of benzene rings is 3. The van der Waals surface area contributed by atoms with Gasteiger partial charge in [-0.25, -0.2) is 0 Å². The molecule has 160 valence electrons. The molecule has 0 saturated heterocycles. The molecular formula is C26H29Br2ClO. The van der Waals surface area contributed by atoms with Crippen molar-refractivity contribution < 1.29 is 5.11 Å². The quantitative estimate of drug-likeness (QED) is 0.310. The third kappa shape index (κ3) is 8.19. The Morgan fingerprint density at radius 2 is 1.07 bits per heavy atom. The summed E-state index contributed by atoms with van der Waals surface area (Å²) in [5.74, 6) is 0.459. The van der Waals surface area contributed by atoms with Gasteiger partial charge >= 0.3 is 0 Å². The molecule has 0 amide bonds. The summed E-state index contributed by atoms with van der Waals surface area (Å²) in [5, 5.41) is 10.4. The molecule has 2 atom stereocenters. The maximum Gasteiger partial charge on any atom is 0.0790 e. The summed E-state index contributed by atoms with van der Waals surface area (Å²) in [5.41, 5.74) is 3.70. The van der Waals surface area contributed by atoms with Crippen LogP contribution in [0, 0.1) is 0 Å². The lowest BCUT2D eigenvalue weighted by Crippen LogP contribution is -2.00. The SMILES string of the molecule is CCCC(O)c1ccc(Br)cc1.CCCC(c1ccc(Cl)cc1)c1ccc(Br)cc1. The highest BCUT2D eigenvalue weighted by molar-refractivity contribution is 9.10. The van der Waals surface area contributed by atoms with Crippen LogP contribution in [-0.4, -0.2) is 5.11 Å². The van der Waals surface area contributed by atoms with Crippen LogP contribution >= 0.6 is 43.5 Å². The molecule has 1 nitrogen and oxygen atoms in total. The Hall–Kier alpha value is -1.13. The van der Waals surface area contributed by atoms with E-state index in [9.17, 15) is 5.11 Å². The Kier molecular flexibility index (Phi) is 11.2. The smallest absolute Gasteiger partial charge is 0.0790 e. The molecular weight excluding hydrogens is 524 g/mol. The van der Waals surface area contributed by atoms with Crippen molar-refractivity contribution in [3.63, 3.8) is 0 Å². The molecule has 30 heavy (non-hydrogen) atoms. The van der Waals surface area contributed by atoms with Crippen molar-refractivity contribution in [3.05, 3.63) is 103 Å². The van der Waals surface area contributed by atoms with E-state index in [1.165, 1.54) is 17.5 Å². The average Bonchev–Trinajstić information content (AvgIpc) is 2.75. The Balaban J connectivity index is 0.000000232. The van der Waals surface area contributed by atoms with E-state index in [1.807, 2.05) is 36.4 Å². The molecule has 3 rings (SSSR count). The van der Waals surface area contributed by atoms with Gasteiger partial charge in [-0.1, -0.05) is 107 Å². The van der Waals surface area contributed by atoms with E-state index in [4.69, 9.17) is 11.6 Å². The second kappa shape index (κ2) is 13.3. The van der Waals surface area contributed by atoms with Gasteiger partial charge in [0.15, 0.2) is 0 Å². The predicted octanol–water partition coefficient (Wildman–Crippen LogP) is 9.32. The van der Waals surface area contributed by atoms with Gasteiger partial charge in [-0.3, -0.25) is 0 Å². The molecule has 2 unspecified atom stereocenters. The average molecular weight is 553 g/mol. The van der Waals surface area contributed by atoms with Gasteiger partial charge in [-0.15, -0.1) is 0 Å². The minimum Gasteiger partial charge on any atom is -0.388 e. The molecule has 1 N–H and O–H groups in total. The Bertz CT molecular complexity index is 816. The summed E-state index contributed by atoms with van der Waals surface area (Å²) in [7, 11) is 0. The van der Waals surface area contributed by atoms with Crippen molar-refractivity contribution in [2.45, 2.75) is 51.6 Å². The highest BCUT2D eigenvalue weighted by Crippen LogP contribution is 2.30. The molecule has 0 fully saturated rings. The molecule has 3 aromatic carbocycles. The maximum absolute atomic E-state index is 9.60. The van der Waals surface area contributed by atoms with Crippen LogP contribution in [0.1, 0.15) is 68.2 Å². The molecule has 0 heterocycles. The molecule has 0 spiro atoms. The highest BCUT2D eigenvalue weighted by Gasteiger charge is 2.13. The zero-order valence-corrected chi connectivity index (χ0v) is 21.4. The lowest BCUT2D eigenvalue weighted by molar-refractivity contribution is 0.166. The van der Waals surface area contributed by atoms with E-state index in [0.29, 0.717) is 5.92 Å². The Morgan fingerprint density at radius 1 is 0.667 bits per heavy atom. The Labute approximate surface area is 202 Å². The second-order valence-corrected chi connectivity index (χ2v) is 9.57. The summed E-state index contributed by atoms with van der Waals surface area (Å²) in [6.45, 7) is 4.30. The van der Waals surface area contributed by atoms with Crippen LogP contribution in [0.25, 0.3) is 0 Å². The van der Waals surface area contributed by atoms with E-state index in [-0.39, 0.29) is 6.10 Å². The van der Waals surface area contributed by atoms with Crippen molar-refractivity contribution in [2.75, 3.05) is 0 Å². The van der Waals surface area contributed by atoms with E-state index < -0.39 is 0 Å². The topological polar surface area (TPSA) is 20.2 Å². The molecule has 0 bridgehead atoms. The number of halogens is 3. The van der Waals surface area contributed by atoms with E-state index >= 15 is 0 Å². The summed E-state index contributed by atoms with van der Waals surface area (Å²) < 4.78 is 2.17. The van der Waals surface area contributed by atoms with E-state index in [2.05, 4.69) is 82.1 Å². The van der Waals surface area contributed by atoms with Gasteiger partial charge in [0.05, 0.1) is 6.10 Å². The van der Waals surface area contributed by atoms with Gasteiger partial charge in [0.1, 0.15) is 0 Å². The van der Waals surface area contributed by atoms with Crippen molar-refractivity contribution in [1.29, 1.82) is 0 Å². The zero-order chi connectivity index (χ0) is 21.9. The first-order chi connectivity index (χ1) is 14.4. The molecule has 0 aliphatic rings. The fourth-order valence-corrected chi connectivity index (χ4v) is 3.98. The highest BCUT2D eigenvalue weighted by atomic mass is 79.9. The standard InChI is InChI=1S/C16H16BrCl.C10H13BrO/c1-2-3-16(12-4-8-14(17)9-5-12)13-6-10-15(18)11-7-13;1-2-3-10(12)8-4-6-9(11)7-5-8/h4-11,16H,2-3H2,1H3;4-7,10,12H,2-3H2,1H3. The van der Waals surface area contributed by atoms with Crippen molar-refractivity contribution in [2.24, 2.45) is 0 Å². The van der Waals surface area contributed by atoms with E-state index in [1.54, 1.807) is 0 Å². The van der Waals surface area contributed by atoms with Crippen molar-refractivity contribution in [1.82, 2.24) is 0 Å². The molecule has 3 aromatic rings. The molecule has 0 aliphatic carbocycles. The molecule has 0 radical (unpaired) electrons. The first-order valence-electron chi connectivity index (χ1n) is 10.4. The van der Waals surface area contributed by atoms with Crippen LogP contribution in [-0.2, 0) is 0 Å². The van der Waals surface area contributed by atoms with Crippen LogP contribution in [0.3, 0.4) is 0 Å². The van der Waals surface area contributed by atoms with Crippen LogP contribution in [0.4, 0.5) is 0 Å². The lowest BCUT2D eigenvalue weighted by Gasteiger charge is -2.17. The number of hydrogen-bond donors (Lipinski definition) is 1. The van der Waals surface area contributed by atoms with E-state index in [0.717, 1.165) is 38.8 Å². The third-order valence-electron chi connectivity index (χ3n) is 4.94. The number of rotatable bonds is 7. The maximum atomic E-state index is 9.60. The summed E-state index contributed by atoms with van der Waals surface area (Å²) in [6, 6.07) is 24.6. The van der Waals surface area contributed by atoms with Gasteiger partial charge in [0, 0.05) is 19.9 Å². The van der Waals surface area contributed by atoms with Crippen LogP contribution in [0.15, 0.2) is 81.7 Å². The molecule has 0 aliphatic heterocycles. The molecule has 0 aromatic heterocycles. The normalized spacial score (nSPS) is 12.6. The first-order valence-corrected chi connectivity index (χ1v) is 12.3. The van der Waals surface area contributed by atoms with Crippen LogP contribution < -0.4 is 0 Å². The largest absolute Gasteiger partial charge is 0.388 e. The van der Waals surface area contributed by atoms with Crippen molar-refractivity contribution in [3.8, 4) is 0 Å². The monoisotopic (exact) mass is 550 g/mol. The minimum absolute atomic E-state index is 0.303. The fraction of sp³-hybridized carbons (Fsp3) is 0.308. The lowest BCUT2D eigenvalue weighted by atomic mass is 9.88. The van der Waals surface area contributed by atoms with Gasteiger partial charge in [-0.05, 0) is 65.9 Å². The summed E-state index contributed by atoms with van der Waals surface area (Å²) >= 11 is 12.8. The zero-order valence-electron chi connectivity index (χ0n) is 17.5. The first kappa shape index (κ1) is 25.1. The number of aliphatic hydroxyl groups is 1. The number of hydrogen-bond acceptors (Lipinski definition) is 1. The van der Waals surface area contributed by atoms with Crippen LogP contribution in [0.5, 0.6) is 0 Å². The van der Waals surface area contributed by atoms with Gasteiger partial charge in [0.2, 0.25) is 0 Å². The fourth-order valence-electron chi connectivity index (χ4n) is 3.33.